The molecule has 140 valence electrons. The Kier molecular flexibility index (Phi) is 7.10. The van der Waals surface area contributed by atoms with Crippen molar-refractivity contribution in [2.75, 3.05) is 5.32 Å². The summed E-state index contributed by atoms with van der Waals surface area (Å²) in [5.74, 6) is 0.806. The first-order valence-electron chi connectivity index (χ1n) is 8.28. The van der Waals surface area contributed by atoms with Crippen molar-refractivity contribution in [3.05, 3.63) is 90.3 Å². The third-order valence-corrected chi connectivity index (χ3v) is 5.83. The van der Waals surface area contributed by atoms with Gasteiger partial charge in [0.05, 0.1) is 4.47 Å². The van der Waals surface area contributed by atoms with Crippen LogP contribution in [-0.2, 0) is 13.2 Å². The van der Waals surface area contributed by atoms with Gasteiger partial charge in [0, 0.05) is 32.3 Å². The number of anilines is 1. The average Bonchev–Trinajstić information content (AvgIpc) is 2.63. The predicted octanol–water partition coefficient (Wildman–Crippen LogP) is 8.02. The Morgan fingerprint density at radius 2 is 1.74 bits per heavy atom. The van der Waals surface area contributed by atoms with Gasteiger partial charge in [-0.1, -0.05) is 57.3 Å². The summed E-state index contributed by atoms with van der Waals surface area (Å²) in [5.41, 5.74) is 4.11. The molecule has 3 aromatic carbocycles. The molecule has 3 aromatic rings. The highest BCUT2D eigenvalue weighted by molar-refractivity contribution is 9.11. The van der Waals surface area contributed by atoms with E-state index in [1.807, 2.05) is 55.5 Å². The minimum absolute atomic E-state index is 0.459. The lowest BCUT2D eigenvalue weighted by Gasteiger charge is -2.16. The lowest BCUT2D eigenvalue weighted by molar-refractivity contribution is 0.301. The standard InChI is InChI=1S/C21H17Br2Cl2NO/c1-13-19(25)3-2-4-20(13)26-11-15-9-16(22)10-18(23)21(15)27-12-14-5-7-17(24)8-6-14/h2-10,26H,11-12H2,1H3. The Hall–Kier alpha value is -1.20. The van der Waals surface area contributed by atoms with Crippen molar-refractivity contribution in [1.82, 2.24) is 0 Å². The van der Waals surface area contributed by atoms with Crippen LogP contribution in [0, 0.1) is 6.92 Å². The molecule has 6 heteroatoms. The van der Waals surface area contributed by atoms with Gasteiger partial charge in [-0.05, 0) is 70.4 Å². The summed E-state index contributed by atoms with van der Waals surface area (Å²) in [5, 5.41) is 4.91. The molecule has 0 spiro atoms. The van der Waals surface area contributed by atoms with E-state index < -0.39 is 0 Å². The summed E-state index contributed by atoms with van der Waals surface area (Å²) < 4.78 is 7.99. The lowest BCUT2D eigenvalue weighted by Crippen LogP contribution is -2.05. The Morgan fingerprint density at radius 1 is 1.00 bits per heavy atom. The van der Waals surface area contributed by atoms with E-state index in [-0.39, 0.29) is 0 Å². The van der Waals surface area contributed by atoms with E-state index in [9.17, 15) is 0 Å². The van der Waals surface area contributed by atoms with Gasteiger partial charge in [-0.15, -0.1) is 0 Å². The summed E-state index contributed by atoms with van der Waals surface area (Å²) in [6.45, 7) is 3.06. The van der Waals surface area contributed by atoms with Gasteiger partial charge in [0.15, 0.2) is 0 Å². The molecule has 0 saturated heterocycles. The summed E-state index contributed by atoms with van der Waals surface area (Å²) in [7, 11) is 0. The van der Waals surface area contributed by atoms with E-state index in [1.165, 1.54) is 0 Å². The molecule has 0 radical (unpaired) electrons. The zero-order valence-electron chi connectivity index (χ0n) is 14.5. The lowest BCUT2D eigenvalue weighted by atomic mass is 10.1. The predicted molar refractivity (Wildman–Crippen MR) is 121 cm³/mol. The van der Waals surface area contributed by atoms with Crippen LogP contribution < -0.4 is 10.1 Å². The zero-order chi connectivity index (χ0) is 19.4. The summed E-state index contributed by atoms with van der Waals surface area (Å²) >= 11 is 19.3. The molecule has 0 aliphatic rings. The maximum atomic E-state index is 6.22. The van der Waals surface area contributed by atoms with Crippen molar-refractivity contribution >= 4 is 60.7 Å². The summed E-state index contributed by atoms with van der Waals surface area (Å²) in [6.07, 6.45) is 0. The molecular weight excluding hydrogens is 513 g/mol. The molecule has 0 fully saturated rings. The highest BCUT2D eigenvalue weighted by Gasteiger charge is 2.12. The number of rotatable bonds is 6. The molecule has 0 aliphatic carbocycles. The van der Waals surface area contributed by atoms with Crippen LogP contribution in [0.25, 0.3) is 0 Å². The molecule has 1 N–H and O–H groups in total. The Bertz CT molecular complexity index is 946. The molecule has 0 unspecified atom stereocenters. The van der Waals surface area contributed by atoms with Gasteiger partial charge in [0.25, 0.3) is 0 Å². The molecule has 3 rings (SSSR count). The fraction of sp³-hybridized carbons (Fsp3) is 0.143. The first kappa shape index (κ1) is 20.5. The third kappa shape index (κ3) is 5.41. The number of nitrogens with one attached hydrogen (secondary N) is 1. The van der Waals surface area contributed by atoms with E-state index >= 15 is 0 Å². The van der Waals surface area contributed by atoms with Crippen molar-refractivity contribution in [3.63, 3.8) is 0 Å². The monoisotopic (exact) mass is 527 g/mol. The minimum atomic E-state index is 0.459. The van der Waals surface area contributed by atoms with E-state index in [0.717, 1.165) is 42.1 Å². The van der Waals surface area contributed by atoms with Crippen molar-refractivity contribution in [2.24, 2.45) is 0 Å². The second-order valence-electron chi connectivity index (χ2n) is 6.06. The first-order chi connectivity index (χ1) is 12.9. The van der Waals surface area contributed by atoms with Crippen molar-refractivity contribution in [1.29, 1.82) is 0 Å². The number of benzene rings is 3. The molecule has 0 amide bonds. The molecular formula is C21H17Br2Cl2NO. The van der Waals surface area contributed by atoms with Gasteiger partial charge in [-0.3, -0.25) is 0 Å². The highest BCUT2D eigenvalue weighted by Crippen LogP contribution is 2.34. The van der Waals surface area contributed by atoms with Crippen LogP contribution in [0.15, 0.2) is 63.5 Å². The second kappa shape index (κ2) is 9.33. The van der Waals surface area contributed by atoms with Crippen LogP contribution >= 0.6 is 55.1 Å². The Morgan fingerprint density at radius 3 is 2.48 bits per heavy atom. The average molecular weight is 530 g/mol. The van der Waals surface area contributed by atoms with Gasteiger partial charge in [-0.2, -0.15) is 0 Å². The Balaban J connectivity index is 1.79. The van der Waals surface area contributed by atoms with Gasteiger partial charge in [-0.25, -0.2) is 0 Å². The Labute approximate surface area is 186 Å². The van der Waals surface area contributed by atoms with Crippen molar-refractivity contribution in [3.8, 4) is 5.75 Å². The van der Waals surface area contributed by atoms with Gasteiger partial charge in [0.2, 0.25) is 0 Å². The van der Waals surface area contributed by atoms with E-state index in [1.54, 1.807) is 0 Å². The third-order valence-electron chi connectivity index (χ3n) is 4.12. The van der Waals surface area contributed by atoms with E-state index in [0.29, 0.717) is 18.2 Å². The van der Waals surface area contributed by atoms with Gasteiger partial charge >= 0.3 is 0 Å². The molecule has 0 saturated carbocycles. The fourth-order valence-electron chi connectivity index (χ4n) is 2.63. The van der Waals surface area contributed by atoms with Crippen LogP contribution in [-0.4, -0.2) is 0 Å². The van der Waals surface area contributed by atoms with Crippen LogP contribution in [0.2, 0.25) is 10.0 Å². The van der Waals surface area contributed by atoms with Gasteiger partial charge < -0.3 is 10.1 Å². The first-order valence-corrected chi connectivity index (χ1v) is 10.6. The van der Waals surface area contributed by atoms with Gasteiger partial charge in [0.1, 0.15) is 12.4 Å². The largest absolute Gasteiger partial charge is 0.487 e. The second-order valence-corrected chi connectivity index (χ2v) is 8.67. The SMILES string of the molecule is Cc1c(Cl)cccc1NCc1cc(Br)cc(Br)c1OCc1ccc(Cl)cc1. The van der Waals surface area contributed by atoms with Crippen LogP contribution in [0.5, 0.6) is 5.75 Å². The van der Waals surface area contributed by atoms with Crippen LogP contribution in [0.1, 0.15) is 16.7 Å². The molecule has 0 aromatic heterocycles. The quantitative estimate of drug-likeness (QED) is 0.349. The topological polar surface area (TPSA) is 21.3 Å². The smallest absolute Gasteiger partial charge is 0.139 e. The van der Waals surface area contributed by atoms with Crippen LogP contribution in [0.4, 0.5) is 5.69 Å². The molecule has 0 heterocycles. The van der Waals surface area contributed by atoms with Crippen molar-refractivity contribution in [2.45, 2.75) is 20.1 Å². The van der Waals surface area contributed by atoms with E-state index in [2.05, 4.69) is 43.2 Å². The maximum Gasteiger partial charge on any atom is 0.139 e. The molecule has 27 heavy (non-hydrogen) atoms. The number of halogens is 4. The summed E-state index contributed by atoms with van der Waals surface area (Å²) in [4.78, 5) is 0. The normalized spacial score (nSPS) is 10.7. The fourth-order valence-corrected chi connectivity index (χ4v) is 4.36. The van der Waals surface area contributed by atoms with Crippen molar-refractivity contribution < 1.29 is 4.74 Å². The highest BCUT2D eigenvalue weighted by atomic mass is 79.9. The number of hydrogen-bond acceptors (Lipinski definition) is 2. The number of ether oxygens (including phenoxy) is 1. The molecule has 0 atom stereocenters. The molecule has 2 nitrogen and oxygen atoms in total. The summed E-state index contributed by atoms with van der Waals surface area (Å²) in [6, 6.07) is 17.5. The molecule has 0 bridgehead atoms. The number of hydrogen-bond donors (Lipinski definition) is 1. The molecule has 0 aliphatic heterocycles. The minimum Gasteiger partial charge on any atom is -0.487 e. The van der Waals surface area contributed by atoms with E-state index in [4.69, 9.17) is 27.9 Å². The maximum absolute atomic E-state index is 6.22. The van der Waals surface area contributed by atoms with Crippen LogP contribution in [0.3, 0.4) is 0 Å². The zero-order valence-corrected chi connectivity index (χ0v) is 19.2.